The van der Waals surface area contributed by atoms with Crippen LogP contribution >= 0.6 is 0 Å². The molecule has 4 nitrogen and oxygen atoms in total. The minimum absolute atomic E-state index is 0.0462. The lowest BCUT2D eigenvalue weighted by atomic mass is 9.90. The Morgan fingerprint density at radius 3 is 2.47 bits per heavy atom. The molecule has 0 radical (unpaired) electrons. The first-order chi connectivity index (χ1) is 8.74. The topological polar surface area (TPSA) is 44.8 Å². The van der Waals surface area contributed by atoms with E-state index < -0.39 is 11.4 Å². The van der Waals surface area contributed by atoms with E-state index in [1.165, 1.54) is 0 Å². The second-order valence-electron chi connectivity index (χ2n) is 6.76. The summed E-state index contributed by atoms with van der Waals surface area (Å²) in [7, 11) is 0. The largest absolute Gasteiger partial charge is 0.367 e. The summed E-state index contributed by atoms with van der Waals surface area (Å²) in [6.45, 7) is 11.0. The number of Topliss-reactive ketones (excluding diaryl/α,β-unsaturated/α-hetero) is 1. The van der Waals surface area contributed by atoms with Gasteiger partial charge < -0.3 is 14.2 Å². The maximum atomic E-state index is 11.6. The summed E-state index contributed by atoms with van der Waals surface area (Å²) in [6.07, 6.45) is 1.67. The van der Waals surface area contributed by atoms with Crippen LogP contribution in [0, 0.1) is 11.8 Å². The molecular weight excluding hydrogens is 244 g/mol. The second-order valence-corrected chi connectivity index (χ2v) is 6.76. The summed E-state index contributed by atoms with van der Waals surface area (Å²) in [5, 5.41) is 0. The van der Waals surface area contributed by atoms with E-state index in [1.807, 2.05) is 13.8 Å². The minimum Gasteiger partial charge on any atom is -0.367 e. The Hall–Kier alpha value is -0.450. The van der Waals surface area contributed by atoms with Gasteiger partial charge in [-0.1, -0.05) is 13.8 Å². The first kappa shape index (κ1) is 14.9. The van der Waals surface area contributed by atoms with Gasteiger partial charge in [0.2, 0.25) is 0 Å². The van der Waals surface area contributed by atoms with E-state index in [0.29, 0.717) is 19.1 Å². The number of ketones is 1. The normalized spacial score (nSPS) is 43.1. The number of ether oxygens (including phenoxy) is 3. The van der Waals surface area contributed by atoms with Crippen molar-refractivity contribution >= 4 is 5.78 Å². The molecular formula is C15H26O4. The molecule has 0 saturated carbocycles. The summed E-state index contributed by atoms with van der Waals surface area (Å²) < 4.78 is 17.6. The Bertz CT molecular complexity index is 354. The summed E-state index contributed by atoms with van der Waals surface area (Å²) in [6, 6.07) is 0. The first-order valence-corrected chi connectivity index (χ1v) is 7.21. The smallest absolute Gasteiger partial charge is 0.166 e. The van der Waals surface area contributed by atoms with E-state index in [-0.39, 0.29) is 17.8 Å². The van der Waals surface area contributed by atoms with E-state index >= 15 is 0 Å². The number of carbonyl (C=O) groups excluding carboxylic acids is 1. The van der Waals surface area contributed by atoms with Gasteiger partial charge in [-0.15, -0.1) is 0 Å². The molecule has 2 rings (SSSR count). The van der Waals surface area contributed by atoms with Crippen molar-refractivity contribution < 1.29 is 19.0 Å². The maximum Gasteiger partial charge on any atom is 0.166 e. The quantitative estimate of drug-likeness (QED) is 0.787. The molecule has 0 N–H and O–H groups in total. The Kier molecular flexibility index (Phi) is 4.05. The fraction of sp³-hybridized carbons (Fsp3) is 0.933. The predicted octanol–water partition coefficient (Wildman–Crippen LogP) is 2.55. The third-order valence-corrected chi connectivity index (χ3v) is 4.27. The van der Waals surface area contributed by atoms with Gasteiger partial charge in [-0.05, 0) is 33.1 Å². The fourth-order valence-electron chi connectivity index (χ4n) is 3.12. The van der Waals surface area contributed by atoms with Gasteiger partial charge in [0.05, 0.1) is 19.3 Å². The lowest BCUT2D eigenvalue weighted by molar-refractivity contribution is -0.169. The van der Waals surface area contributed by atoms with Gasteiger partial charge in [0, 0.05) is 12.3 Å². The van der Waals surface area contributed by atoms with Gasteiger partial charge in [-0.3, -0.25) is 4.79 Å². The van der Waals surface area contributed by atoms with Crippen molar-refractivity contribution in [2.45, 2.75) is 65.0 Å². The molecule has 2 saturated heterocycles. The second kappa shape index (κ2) is 5.15. The van der Waals surface area contributed by atoms with E-state index in [1.54, 1.807) is 6.92 Å². The van der Waals surface area contributed by atoms with Gasteiger partial charge in [-0.2, -0.15) is 0 Å². The zero-order valence-corrected chi connectivity index (χ0v) is 12.7. The lowest BCUT2D eigenvalue weighted by Crippen LogP contribution is -2.34. The molecule has 0 aromatic carbocycles. The molecule has 0 aromatic heterocycles. The van der Waals surface area contributed by atoms with Crippen LogP contribution < -0.4 is 0 Å². The SMILES string of the molecule is CC(=O)C1(C)CC(C2COC(C)(CC(C)C)O2)CO1. The predicted molar refractivity (Wildman–Crippen MR) is 71.8 cm³/mol. The molecule has 0 aromatic rings. The van der Waals surface area contributed by atoms with Crippen LogP contribution in [0.3, 0.4) is 0 Å². The van der Waals surface area contributed by atoms with Crippen molar-refractivity contribution in [3.63, 3.8) is 0 Å². The average molecular weight is 270 g/mol. The molecule has 0 bridgehead atoms. The summed E-state index contributed by atoms with van der Waals surface area (Å²) in [5.41, 5.74) is -0.634. The highest BCUT2D eigenvalue weighted by atomic mass is 16.7. The Morgan fingerprint density at radius 1 is 1.26 bits per heavy atom. The van der Waals surface area contributed by atoms with Crippen molar-refractivity contribution in [3.8, 4) is 0 Å². The maximum absolute atomic E-state index is 11.6. The lowest BCUT2D eigenvalue weighted by Gasteiger charge is -2.26. The van der Waals surface area contributed by atoms with Crippen LogP contribution in [-0.2, 0) is 19.0 Å². The molecule has 2 aliphatic heterocycles. The van der Waals surface area contributed by atoms with Crippen molar-refractivity contribution in [1.82, 2.24) is 0 Å². The third kappa shape index (κ3) is 3.18. The average Bonchev–Trinajstić information content (AvgIpc) is 2.82. The molecule has 2 aliphatic rings. The molecule has 2 heterocycles. The minimum atomic E-state index is -0.634. The Morgan fingerprint density at radius 2 is 1.95 bits per heavy atom. The van der Waals surface area contributed by atoms with Crippen LogP contribution in [0.1, 0.15) is 47.5 Å². The van der Waals surface area contributed by atoms with E-state index in [9.17, 15) is 4.79 Å². The summed E-state index contributed by atoms with van der Waals surface area (Å²) >= 11 is 0. The summed E-state index contributed by atoms with van der Waals surface area (Å²) in [4.78, 5) is 11.6. The van der Waals surface area contributed by atoms with Crippen LogP contribution in [-0.4, -0.2) is 36.5 Å². The van der Waals surface area contributed by atoms with Gasteiger partial charge >= 0.3 is 0 Å². The van der Waals surface area contributed by atoms with Crippen molar-refractivity contribution in [3.05, 3.63) is 0 Å². The number of carbonyl (C=O) groups is 1. The standard InChI is InChI=1S/C15H26O4/c1-10(2)6-15(5)18-9-13(19-15)12-7-14(4,11(3)16)17-8-12/h10,12-13H,6-9H2,1-5H3. The highest BCUT2D eigenvalue weighted by Gasteiger charge is 2.48. The molecule has 4 unspecified atom stereocenters. The van der Waals surface area contributed by atoms with Crippen LogP contribution in [0.25, 0.3) is 0 Å². The highest BCUT2D eigenvalue weighted by Crippen LogP contribution is 2.39. The zero-order valence-electron chi connectivity index (χ0n) is 12.7. The molecule has 19 heavy (non-hydrogen) atoms. The Balaban J connectivity index is 1.94. The van der Waals surface area contributed by atoms with E-state index in [0.717, 1.165) is 12.8 Å². The first-order valence-electron chi connectivity index (χ1n) is 7.21. The van der Waals surface area contributed by atoms with Crippen LogP contribution in [0.2, 0.25) is 0 Å². The highest BCUT2D eigenvalue weighted by molar-refractivity contribution is 5.84. The van der Waals surface area contributed by atoms with Crippen molar-refractivity contribution in [1.29, 1.82) is 0 Å². The third-order valence-electron chi connectivity index (χ3n) is 4.27. The van der Waals surface area contributed by atoms with Gasteiger partial charge in [-0.25, -0.2) is 0 Å². The number of rotatable bonds is 4. The van der Waals surface area contributed by atoms with Gasteiger partial charge in [0.1, 0.15) is 5.60 Å². The van der Waals surface area contributed by atoms with Crippen LogP contribution in [0.15, 0.2) is 0 Å². The molecule has 0 aliphatic carbocycles. The van der Waals surface area contributed by atoms with Gasteiger partial charge in [0.15, 0.2) is 11.6 Å². The van der Waals surface area contributed by atoms with Crippen molar-refractivity contribution in [2.75, 3.05) is 13.2 Å². The molecule has 4 heteroatoms. The van der Waals surface area contributed by atoms with E-state index in [2.05, 4.69) is 13.8 Å². The molecule has 2 fully saturated rings. The zero-order chi connectivity index (χ0) is 14.3. The molecule has 0 amide bonds. The monoisotopic (exact) mass is 270 g/mol. The molecule has 4 atom stereocenters. The van der Waals surface area contributed by atoms with Crippen molar-refractivity contribution in [2.24, 2.45) is 11.8 Å². The fourth-order valence-corrected chi connectivity index (χ4v) is 3.12. The summed E-state index contributed by atoms with van der Waals surface area (Å²) in [5.74, 6) is 0.404. The van der Waals surface area contributed by atoms with Gasteiger partial charge in [0.25, 0.3) is 0 Å². The number of hydrogen-bond donors (Lipinski definition) is 0. The Labute approximate surface area is 115 Å². The number of hydrogen-bond acceptors (Lipinski definition) is 4. The van der Waals surface area contributed by atoms with E-state index in [4.69, 9.17) is 14.2 Å². The van der Waals surface area contributed by atoms with Crippen LogP contribution in [0.4, 0.5) is 0 Å². The van der Waals surface area contributed by atoms with Crippen LogP contribution in [0.5, 0.6) is 0 Å². The molecule has 0 spiro atoms. The molecule has 110 valence electrons.